The lowest BCUT2D eigenvalue weighted by molar-refractivity contribution is 0.102. The smallest absolute Gasteiger partial charge is 0.255 e. The van der Waals surface area contributed by atoms with E-state index in [2.05, 4.69) is 5.32 Å². The van der Waals surface area contributed by atoms with Gasteiger partial charge in [-0.3, -0.25) is 9.59 Å². The van der Waals surface area contributed by atoms with Crippen molar-refractivity contribution in [2.24, 2.45) is 0 Å². The van der Waals surface area contributed by atoms with Gasteiger partial charge in [-0.15, -0.1) is 0 Å². The van der Waals surface area contributed by atoms with Crippen LogP contribution >= 0.6 is 0 Å². The van der Waals surface area contributed by atoms with Crippen LogP contribution in [-0.4, -0.2) is 42.6 Å². The van der Waals surface area contributed by atoms with E-state index in [4.69, 9.17) is 0 Å². The summed E-state index contributed by atoms with van der Waals surface area (Å²) in [7, 11) is -3.76. The first-order valence-electron chi connectivity index (χ1n) is 10.2. The molecule has 0 saturated heterocycles. The number of fused-ring (bicyclic) bond motifs is 3. The number of carbonyl (C=O) groups is 2. The van der Waals surface area contributed by atoms with E-state index in [0.717, 1.165) is 11.1 Å². The number of rotatable bonds is 6. The largest absolute Gasteiger partial charge is 0.506 e. The Balaban J connectivity index is 1.64. The molecule has 0 radical (unpaired) electrons. The first-order chi connectivity index (χ1) is 15.3. The fourth-order valence-corrected chi connectivity index (χ4v) is 5.34. The molecule has 0 saturated carbocycles. The van der Waals surface area contributed by atoms with Gasteiger partial charge in [0.2, 0.25) is 10.0 Å². The van der Waals surface area contributed by atoms with Crippen molar-refractivity contribution in [2.45, 2.75) is 18.7 Å². The molecule has 3 aromatic rings. The average Bonchev–Trinajstić information content (AvgIpc) is 3.07. The third-order valence-corrected chi connectivity index (χ3v) is 7.59. The van der Waals surface area contributed by atoms with Crippen LogP contribution in [0.5, 0.6) is 5.75 Å². The van der Waals surface area contributed by atoms with Crippen LogP contribution in [0.3, 0.4) is 0 Å². The molecule has 0 atom stereocenters. The lowest BCUT2D eigenvalue weighted by Gasteiger charge is -2.19. The number of phenolic OH excluding ortho intramolecular Hbond substituents is 1. The van der Waals surface area contributed by atoms with Gasteiger partial charge in [0.05, 0.1) is 10.6 Å². The highest BCUT2D eigenvalue weighted by Crippen LogP contribution is 2.37. The Bertz CT molecular complexity index is 1340. The summed E-state index contributed by atoms with van der Waals surface area (Å²) in [6, 6.07) is 15.8. The molecule has 0 aromatic heterocycles. The number of nitrogens with one attached hydrogen (secondary N) is 1. The number of benzene rings is 3. The minimum Gasteiger partial charge on any atom is -0.506 e. The number of hydrogen-bond acceptors (Lipinski definition) is 5. The second-order valence-electron chi connectivity index (χ2n) is 7.36. The lowest BCUT2D eigenvalue weighted by atomic mass is 10.0. The molecule has 3 aromatic carbocycles. The Morgan fingerprint density at radius 3 is 2.25 bits per heavy atom. The maximum atomic E-state index is 12.9. The van der Waals surface area contributed by atoms with Crippen molar-refractivity contribution in [3.8, 4) is 16.9 Å². The van der Waals surface area contributed by atoms with Gasteiger partial charge in [-0.2, -0.15) is 4.31 Å². The van der Waals surface area contributed by atoms with Crippen LogP contribution in [0, 0.1) is 0 Å². The Morgan fingerprint density at radius 2 is 1.56 bits per heavy atom. The molecule has 0 unspecified atom stereocenters. The monoisotopic (exact) mass is 450 g/mol. The summed E-state index contributed by atoms with van der Waals surface area (Å²) < 4.78 is 26.8. The first kappa shape index (κ1) is 21.7. The standard InChI is InChI=1S/C24H22N2O5S/c1-3-26(4-2)32(30,31)16-10-12-22(27)21(14-16)25-24(29)15-9-11-18-17-7-5-6-8-19(17)23(28)20(18)13-15/h5-14,27H,3-4H2,1-2H3,(H,25,29). The van der Waals surface area contributed by atoms with Gasteiger partial charge in [0.15, 0.2) is 5.78 Å². The van der Waals surface area contributed by atoms with E-state index in [9.17, 15) is 23.1 Å². The first-order valence-corrected chi connectivity index (χ1v) is 11.6. The van der Waals surface area contributed by atoms with Crippen molar-refractivity contribution in [3.05, 3.63) is 77.4 Å². The van der Waals surface area contributed by atoms with Gasteiger partial charge >= 0.3 is 0 Å². The minimum atomic E-state index is -3.76. The fourth-order valence-electron chi connectivity index (χ4n) is 3.85. The highest BCUT2D eigenvalue weighted by atomic mass is 32.2. The summed E-state index contributed by atoms with van der Waals surface area (Å²) >= 11 is 0. The van der Waals surface area contributed by atoms with Crippen LogP contribution in [0.2, 0.25) is 0 Å². The SMILES string of the molecule is CCN(CC)S(=O)(=O)c1ccc(O)c(NC(=O)c2ccc3c(c2)C(=O)c2ccccc2-3)c1. The van der Waals surface area contributed by atoms with Gasteiger partial charge in [0, 0.05) is 29.8 Å². The molecule has 0 bridgehead atoms. The topological polar surface area (TPSA) is 104 Å². The van der Waals surface area contributed by atoms with Gasteiger partial charge < -0.3 is 10.4 Å². The fraction of sp³-hybridized carbons (Fsp3) is 0.167. The summed E-state index contributed by atoms with van der Waals surface area (Å²) in [6.07, 6.45) is 0. The molecule has 1 aliphatic carbocycles. The Hall–Kier alpha value is -3.49. The van der Waals surface area contributed by atoms with Crippen molar-refractivity contribution in [2.75, 3.05) is 18.4 Å². The quantitative estimate of drug-likeness (QED) is 0.434. The van der Waals surface area contributed by atoms with Gasteiger partial charge in [-0.25, -0.2) is 8.42 Å². The average molecular weight is 451 g/mol. The molecule has 2 N–H and O–H groups in total. The second-order valence-corrected chi connectivity index (χ2v) is 9.30. The van der Waals surface area contributed by atoms with Crippen molar-refractivity contribution >= 4 is 27.4 Å². The molecular weight excluding hydrogens is 428 g/mol. The number of nitrogens with zero attached hydrogens (tertiary/aromatic N) is 1. The third kappa shape index (κ3) is 3.57. The number of hydrogen-bond donors (Lipinski definition) is 2. The zero-order chi connectivity index (χ0) is 23.0. The zero-order valence-corrected chi connectivity index (χ0v) is 18.4. The molecule has 0 fully saturated rings. The lowest BCUT2D eigenvalue weighted by Crippen LogP contribution is -2.30. The van der Waals surface area contributed by atoms with Crippen LogP contribution in [0.1, 0.15) is 40.1 Å². The number of phenols is 1. The number of aromatic hydroxyl groups is 1. The predicted molar refractivity (Wildman–Crippen MR) is 121 cm³/mol. The van der Waals surface area contributed by atoms with E-state index in [1.165, 1.54) is 28.6 Å². The highest BCUT2D eigenvalue weighted by Gasteiger charge is 2.27. The predicted octanol–water partition coefficient (Wildman–Crippen LogP) is 3.89. The van der Waals surface area contributed by atoms with E-state index in [-0.39, 0.29) is 27.7 Å². The maximum absolute atomic E-state index is 12.9. The van der Waals surface area contributed by atoms with E-state index >= 15 is 0 Å². The van der Waals surface area contributed by atoms with Crippen molar-refractivity contribution in [1.29, 1.82) is 0 Å². The van der Waals surface area contributed by atoms with Gasteiger partial charge in [-0.05, 0) is 41.5 Å². The normalized spacial score (nSPS) is 12.5. The maximum Gasteiger partial charge on any atom is 0.255 e. The molecule has 0 spiro atoms. The minimum absolute atomic E-state index is 0.0293. The van der Waals surface area contributed by atoms with Gasteiger partial charge in [0.25, 0.3) is 5.91 Å². The molecule has 1 aliphatic rings. The van der Waals surface area contributed by atoms with Crippen LogP contribution < -0.4 is 5.32 Å². The Morgan fingerprint density at radius 1 is 0.906 bits per heavy atom. The molecule has 32 heavy (non-hydrogen) atoms. The number of ketones is 1. The summed E-state index contributed by atoms with van der Waals surface area (Å²) in [5.41, 5.74) is 2.80. The number of amides is 1. The van der Waals surface area contributed by atoms with E-state index in [1.54, 1.807) is 38.1 Å². The summed E-state index contributed by atoms with van der Waals surface area (Å²) in [6.45, 7) is 4.06. The molecule has 164 valence electrons. The Labute approximate surface area is 186 Å². The number of anilines is 1. The molecular formula is C24H22N2O5S. The number of sulfonamides is 1. The van der Waals surface area contributed by atoms with Crippen LogP contribution in [0.15, 0.2) is 65.6 Å². The third-order valence-electron chi connectivity index (χ3n) is 5.55. The molecule has 8 heteroatoms. The van der Waals surface area contributed by atoms with Crippen molar-refractivity contribution in [3.63, 3.8) is 0 Å². The number of carbonyl (C=O) groups excluding carboxylic acids is 2. The van der Waals surface area contributed by atoms with Crippen molar-refractivity contribution < 1.29 is 23.1 Å². The van der Waals surface area contributed by atoms with Crippen LogP contribution in [0.25, 0.3) is 11.1 Å². The van der Waals surface area contributed by atoms with Crippen LogP contribution in [-0.2, 0) is 10.0 Å². The zero-order valence-electron chi connectivity index (χ0n) is 17.6. The summed E-state index contributed by atoms with van der Waals surface area (Å²) in [5.74, 6) is -0.980. The summed E-state index contributed by atoms with van der Waals surface area (Å²) in [5, 5.41) is 12.7. The van der Waals surface area contributed by atoms with E-state index in [1.807, 2.05) is 12.1 Å². The van der Waals surface area contributed by atoms with Gasteiger partial charge in [-0.1, -0.05) is 44.2 Å². The van der Waals surface area contributed by atoms with Crippen LogP contribution in [0.4, 0.5) is 5.69 Å². The summed E-state index contributed by atoms with van der Waals surface area (Å²) in [4.78, 5) is 25.5. The molecule has 1 amide bonds. The molecule has 0 aliphatic heterocycles. The van der Waals surface area contributed by atoms with Gasteiger partial charge in [0.1, 0.15) is 5.75 Å². The molecule has 7 nitrogen and oxygen atoms in total. The van der Waals surface area contributed by atoms with E-state index in [0.29, 0.717) is 24.2 Å². The molecule has 0 heterocycles. The highest BCUT2D eigenvalue weighted by molar-refractivity contribution is 7.89. The molecule has 4 rings (SSSR count). The second kappa shape index (κ2) is 8.22. The van der Waals surface area contributed by atoms with E-state index < -0.39 is 15.9 Å². The van der Waals surface area contributed by atoms with Crippen molar-refractivity contribution in [1.82, 2.24) is 4.31 Å². The Kier molecular flexibility index (Phi) is 5.58.